The number of nitrogens with one attached hydrogen (secondary N) is 1. The van der Waals surface area contributed by atoms with Crippen LogP contribution in [0.25, 0.3) is 0 Å². The number of carbonyl (C=O) groups excluding carboxylic acids is 2. The maximum absolute atomic E-state index is 12.5. The van der Waals surface area contributed by atoms with Gasteiger partial charge in [-0.1, -0.05) is 42.0 Å². The summed E-state index contributed by atoms with van der Waals surface area (Å²) in [6.07, 6.45) is 0.329. The number of carbonyl (C=O) groups is 2. The highest BCUT2D eigenvalue weighted by Gasteiger charge is 2.52. The van der Waals surface area contributed by atoms with Gasteiger partial charge in [-0.3, -0.25) is 4.79 Å². The number of hydrogen-bond acceptors (Lipinski definition) is 6. The van der Waals surface area contributed by atoms with Gasteiger partial charge in [0.2, 0.25) is 0 Å². The molecule has 8 heteroatoms. The zero-order valence-corrected chi connectivity index (χ0v) is 20.1. The minimum absolute atomic E-state index is 0.242. The van der Waals surface area contributed by atoms with Crippen LogP contribution in [0.15, 0.2) is 48.5 Å². The first-order chi connectivity index (χ1) is 15.5. The molecule has 0 spiro atoms. The summed E-state index contributed by atoms with van der Waals surface area (Å²) in [6.45, 7) is 9.73. The van der Waals surface area contributed by atoms with E-state index in [1.165, 1.54) is 7.11 Å². The Balaban J connectivity index is 1.64. The Hall–Kier alpha value is -2.84. The smallest absolute Gasteiger partial charge is 0.484 e. The van der Waals surface area contributed by atoms with Gasteiger partial charge < -0.3 is 24.1 Å². The third-order valence-corrected chi connectivity index (χ3v) is 6.23. The van der Waals surface area contributed by atoms with Crippen LogP contribution in [0.4, 0.5) is 0 Å². The first-order valence-corrected chi connectivity index (χ1v) is 11.0. The number of amides is 1. The fraction of sp³-hybridized carbons (Fsp3) is 0.440. The topological polar surface area (TPSA) is 83.1 Å². The Morgan fingerprint density at radius 3 is 2.27 bits per heavy atom. The summed E-state index contributed by atoms with van der Waals surface area (Å²) < 4.78 is 22.9. The third kappa shape index (κ3) is 5.95. The summed E-state index contributed by atoms with van der Waals surface area (Å²) in [5.74, 6) is -0.414. The molecule has 1 amide bonds. The molecule has 0 bridgehead atoms. The number of ether oxygens (including phenoxy) is 2. The molecule has 1 atom stereocenters. The molecule has 2 aromatic carbocycles. The van der Waals surface area contributed by atoms with E-state index < -0.39 is 36.2 Å². The highest BCUT2D eigenvalue weighted by atomic mass is 16.7. The predicted octanol–water partition coefficient (Wildman–Crippen LogP) is 2.57. The molecule has 7 nitrogen and oxygen atoms in total. The molecule has 176 valence electrons. The van der Waals surface area contributed by atoms with Gasteiger partial charge in [-0.2, -0.15) is 0 Å². The summed E-state index contributed by atoms with van der Waals surface area (Å²) in [5, 5.41) is 2.70. The maximum Gasteiger partial charge on any atom is 0.495 e. The molecule has 0 saturated carbocycles. The second-order valence-electron chi connectivity index (χ2n) is 9.23. The van der Waals surface area contributed by atoms with Crippen LogP contribution in [0.2, 0.25) is 0 Å². The van der Waals surface area contributed by atoms with E-state index in [1.54, 1.807) is 6.07 Å². The minimum atomic E-state index is -0.799. The fourth-order valence-electron chi connectivity index (χ4n) is 3.50. The van der Waals surface area contributed by atoms with Crippen molar-refractivity contribution in [2.24, 2.45) is 0 Å². The Morgan fingerprint density at radius 1 is 1.03 bits per heavy atom. The van der Waals surface area contributed by atoms with Crippen LogP contribution in [-0.2, 0) is 30.1 Å². The summed E-state index contributed by atoms with van der Waals surface area (Å²) in [7, 11) is 0.772. The van der Waals surface area contributed by atoms with Crippen LogP contribution in [-0.4, -0.2) is 50.0 Å². The van der Waals surface area contributed by atoms with Gasteiger partial charge in [0, 0.05) is 6.42 Å². The van der Waals surface area contributed by atoms with Crippen molar-refractivity contribution in [2.75, 3.05) is 13.7 Å². The van der Waals surface area contributed by atoms with Gasteiger partial charge in [0.1, 0.15) is 11.8 Å². The molecule has 0 radical (unpaired) electrons. The van der Waals surface area contributed by atoms with Gasteiger partial charge in [0.25, 0.3) is 5.91 Å². The van der Waals surface area contributed by atoms with Crippen LogP contribution in [0.5, 0.6) is 5.75 Å². The van der Waals surface area contributed by atoms with Crippen molar-refractivity contribution in [3.05, 3.63) is 59.7 Å². The van der Waals surface area contributed by atoms with Gasteiger partial charge in [-0.25, -0.2) is 4.79 Å². The lowest BCUT2D eigenvalue weighted by molar-refractivity contribution is -0.145. The summed E-state index contributed by atoms with van der Waals surface area (Å²) >= 11 is 0. The SMILES string of the molecule is COC(=O)[C@H](Cc1ccccc1)NC(=O)COc1ccc(C)c(B2OC(C)(C)C(C)(C)O2)c1. The normalized spacial score (nSPS) is 17.3. The van der Waals surface area contributed by atoms with Crippen molar-refractivity contribution < 1.29 is 28.4 Å². The van der Waals surface area contributed by atoms with E-state index in [-0.39, 0.29) is 6.61 Å². The first-order valence-electron chi connectivity index (χ1n) is 11.0. The van der Waals surface area contributed by atoms with E-state index in [0.717, 1.165) is 16.6 Å². The Kier molecular flexibility index (Phi) is 7.49. The lowest BCUT2D eigenvalue weighted by Crippen LogP contribution is -2.45. The van der Waals surface area contributed by atoms with Crippen molar-refractivity contribution in [2.45, 2.75) is 58.3 Å². The average molecular weight is 453 g/mol. The van der Waals surface area contributed by atoms with Crippen LogP contribution in [0.1, 0.15) is 38.8 Å². The van der Waals surface area contributed by atoms with Gasteiger partial charge in [-0.05, 0) is 57.8 Å². The molecule has 1 fully saturated rings. The van der Waals surface area contributed by atoms with Crippen molar-refractivity contribution in [3.8, 4) is 5.75 Å². The maximum atomic E-state index is 12.5. The van der Waals surface area contributed by atoms with Crippen molar-refractivity contribution in [1.29, 1.82) is 0 Å². The van der Waals surface area contributed by atoms with E-state index in [2.05, 4.69) is 5.32 Å². The van der Waals surface area contributed by atoms with Crippen molar-refractivity contribution in [1.82, 2.24) is 5.32 Å². The minimum Gasteiger partial charge on any atom is -0.484 e. The van der Waals surface area contributed by atoms with E-state index in [0.29, 0.717) is 12.2 Å². The Labute approximate surface area is 195 Å². The Morgan fingerprint density at radius 2 is 1.67 bits per heavy atom. The molecule has 1 aliphatic heterocycles. The molecule has 0 aliphatic carbocycles. The molecule has 0 unspecified atom stereocenters. The number of benzene rings is 2. The predicted molar refractivity (Wildman–Crippen MR) is 126 cm³/mol. The lowest BCUT2D eigenvalue weighted by atomic mass is 9.76. The monoisotopic (exact) mass is 453 g/mol. The number of hydrogen-bond donors (Lipinski definition) is 1. The molecule has 1 saturated heterocycles. The quantitative estimate of drug-likeness (QED) is 0.489. The van der Waals surface area contributed by atoms with E-state index >= 15 is 0 Å². The van der Waals surface area contributed by atoms with E-state index in [1.807, 2.05) is 77.1 Å². The molecule has 3 rings (SSSR count). The number of methoxy groups -OCH3 is 1. The standard InChI is InChI=1S/C25H32BNO6/c1-17-12-13-19(15-20(17)26-32-24(2,3)25(4,5)33-26)31-16-22(28)27-21(23(29)30-6)14-18-10-8-7-9-11-18/h7-13,15,21H,14,16H2,1-6H3,(H,27,28)/t21-/m0/s1. The van der Waals surface area contributed by atoms with Crippen LogP contribution < -0.4 is 15.5 Å². The molecular formula is C25H32BNO6. The van der Waals surface area contributed by atoms with Crippen molar-refractivity contribution >= 4 is 24.5 Å². The molecular weight excluding hydrogens is 421 g/mol. The number of rotatable bonds is 8. The number of aryl methyl sites for hydroxylation is 1. The van der Waals surface area contributed by atoms with E-state index in [4.69, 9.17) is 18.8 Å². The fourth-order valence-corrected chi connectivity index (χ4v) is 3.50. The molecule has 1 aliphatic rings. The average Bonchev–Trinajstić information content (AvgIpc) is 2.99. The summed E-state index contributed by atoms with van der Waals surface area (Å²) in [6, 6.07) is 14.2. The lowest BCUT2D eigenvalue weighted by Gasteiger charge is -2.32. The molecule has 1 heterocycles. The number of esters is 1. The van der Waals surface area contributed by atoms with Crippen LogP contribution in [0, 0.1) is 6.92 Å². The zero-order valence-electron chi connectivity index (χ0n) is 20.1. The second-order valence-corrected chi connectivity index (χ2v) is 9.23. The third-order valence-electron chi connectivity index (χ3n) is 6.23. The van der Waals surface area contributed by atoms with Gasteiger partial charge >= 0.3 is 13.1 Å². The Bertz CT molecular complexity index is 976. The largest absolute Gasteiger partial charge is 0.495 e. The van der Waals surface area contributed by atoms with Gasteiger partial charge in [0.15, 0.2) is 6.61 Å². The summed E-state index contributed by atoms with van der Waals surface area (Å²) in [5.41, 5.74) is 1.85. The van der Waals surface area contributed by atoms with Crippen LogP contribution >= 0.6 is 0 Å². The molecule has 33 heavy (non-hydrogen) atoms. The zero-order chi connectivity index (χ0) is 24.2. The molecule has 2 aromatic rings. The summed E-state index contributed by atoms with van der Waals surface area (Å²) in [4.78, 5) is 24.7. The van der Waals surface area contributed by atoms with Crippen LogP contribution in [0.3, 0.4) is 0 Å². The second kappa shape index (κ2) is 9.97. The first kappa shape index (κ1) is 24.8. The van der Waals surface area contributed by atoms with Crippen molar-refractivity contribution in [3.63, 3.8) is 0 Å². The highest BCUT2D eigenvalue weighted by Crippen LogP contribution is 2.36. The highest BCUT2D eigenvalue weighted by molar-refractivity contribution is 6.62. The van der Waals surface area contributed by atoms with Gasteiger partial charge in [0.05, 0.1) is 18.3 Å². The van der Waals surface area contributed by atoms with Gasteiger partial charge in [-0.15, -0.1) is 0 Å². The molecule has 0 aromatic heterocycles. The van der Waals surface area contributed by atoms with E-state index in [9.17, 15) is 9.59 Å². The molecule has 1 N–H and O–H groups in total.